The monoisotopic (exact) mass is 318 g/mol. The molecular formula is C14H14N4OS2. The van der Waals surface area contributed by atoms with Crippen LogP contribution < -0.4 is 5.56 Å². The summed E-state index contributed by atoms with van der Waals surface area (Å²) in [6.07, 6.45) is 6.90. The zero-order valence-electron chi connectivity index (χ0n) is 11.5. The standard InChI is InChI=1S/C14H14N4OS2/c1-17-6-8(5-15-17)7-18-13(19)11-9-3-2-4-10(9)21-12(11)16-14(18)20/h5-6H,2-4,7H2,1H3,(H,16,20). The van der Waals surface area contributed by atoms with E-state index in [-0.39, 0.29) is 5.56 Å². The van der Waals surface area contributed by atoms with E-state index in [1.165, 1.54) is 10.4 Å². The lowest BCUT2D eigenvalue weighted by atomic mass is 10.2. The van der Waals surface area contributed by atoms with Gasteiger partial charge in [0.2, 0.25) is 0 Å². The molecule has 4 rings (SSSR count). The molecule has 3 heterocycles. The zero-order chi connectivity index (χ0) is 14.6. The summed E-state index contributed by atoms with van der Waals surface area (Å²) in [4.78, 5) is 18.3. The second-order valence-corrected chi connectivity index (χ2v) is 6.90. The van der Waals surface area contributed by atoms with E-state index < -0.39 is 0 Å². The molecule has 0 bridgehead atoms. The summed E-state index contributed by atoms with van der Waals surface area (Å²) in [7, 11) is 1.86. The number of thiophene rings is 1. The van der Waals surface area contributed by atoms with Gasteiger partial charge in [-0.15, -0.1) is 11.3 Å². The number of aryl methyl sites for hydroxylation is 3. The summed E-state index contributed by atoms with van der Waals surface area (Å²) < 4.78 is 3.85. The summed E-state index contributed by atoms with van der Waals surface area (Å²) >= 11 is 7.05. The van der Waals surface area contributed by atoms with Crippen LogP contribution in [0.3, 0.4) is 0 Å². The predicted molar refractivity (Wildman–Crippen MR) is 85.6 cm³/mol. The SMILES string of the molecule is Cn1cc(Cn2c(=S)[nH]c3sc4c(c3c2=O)CCC4)cn1. The van der Waals surface area contributed by atoms with Crippen molar-refractivity contribution in [2.75, 3.05) is 0 Å². The smallest absolute Gasteiger partial charge is 0.263 e. The summed E-state index contributed by atoms with van der Waals surface area (Å²) in [6.45, 7) is 0.461. The van der Waals surface area contributed by atoms with Crippen molar-refractivity contribution in [2.24, 2.45) is 7.05 Å². The first-order valence-electron chi connectivity index (χ1n) is 6.88. The van der Waals surface area contributed by atoms with Gasteiger partial charge in [-0.25, -0.2) is 0 Å². The molecule has 0 saturated carbocycles. The molecular weight excluding hydrogens is 304 g/mol. The topological polar surface area (TPSA) is 55.6 Å². The van der Waals surface area contributed by atoms with Gasteiger partial charge in [-0.2, -0.15) is 5.10 Å². The van der Waals surface area contributed by atoms with Gasteiger partial charge in [0, 0.05) is 23.7 Å². The van der Waals surface area contributed by atoms with Crippen molar-refractivity contribution >= 4 is 33.8 Å². The molecule has 0 aromatic carbocycles. The van der Waals surface area contributed by atoms with Crippen LogP contribution in [0.1, 0.15) is 22.4 Å². The molecule has 3 aromatic rings. The predicted octanol–water partition coefficient (Wildman–Crippen LogP) is 2.39. The third-order valence-corrected chi connectivity index (χ3v) is 5.47. The Labute approximate surface area is 129 Å². The highest BCUT2D eigenvalue weighted by molar-refractivity contribution is 7.71. The van der Waals surface area contributed by atoms with Crippen molar-refractivity contribution in [3.05, 3.63) is 43.5 Å². The van der Waals surface area contributed by atoms with E-state index in [1.54, 1.807) is 26.8 Å². The number of H-pyrrole nitrogens is 1. The van der Waals surface area contributed by atoms with Crippen LogP contribution in [-0.4, -0.2) is 19.3 Å². The average molecular weight is 318 g/mol. The van der Waals surface area contributed by atoms with E-state index in [0.717, 1.165) is 35.0 Å². The van der Waals surface area contributed by atoms with Crippen LogP contribution in [0.5, 0.6) is 0 Å². The highest BCUT2D eigenvalue weighted by Crippen LogP contribution is 2.34. The molecule has 1 aliphatic carbocycles. The van der Waals surface area contributed by atoms with Crippen LogP contribution in [0, 0.1) is 4.77 Å². The van der Waals surface area contributed by atoms with Crippen LogP contribution in [0.2, 0.25) is 0 Å². The molecule has 3 aromatic heterocycles. The van der Waals surface area contributed by atoms with Gasteiger partial charge in [-0.3, -0.25) is 14.0 Å². The summed E-state index contributed by atoms with van der Waals surface area (Å²) in [5.74, 6) is 0. The second kappa shape index (κ2) is 4.64. The lowest BCUT2D eigenvalue weighted by molar-refractivity contribution is 0.730. The normalized spacial score (nSPS) is 14.0. The van der Waals surface area contributed by atoms with Gasteiger partial charge in [0.15, 0.2) is 4.77 Å². The van der Waals surface area contributed by atoms with E-state index in [0.29, 0.717) is 11.3 Å². The van der Waals surface area contributed by atoms with Gasteiger partial charge in [-0.1, -0.05) is 0 Å². The Morgan fingerprint density at radius 1 is 1.48 bits per heavy atom. The van der Waals surface area contributed by atoms with E-state index >= 15 is 0 Å². The maximum absolute atomic E-state index is 12.8. The van der Waals surface area contributed by atoms with Crippen molar-refractivity contribution in [3.8, 4) is 0 Å². The highest BCUT2D eigenvalue weighted by atomic mass is 32.1. The first kappa shape index (κ1) is 13.0. The zero-order valence-corrected chi connectivity index (χ0v) is 13.2. The summed E-state index contributed by atoms with van der Waals surface area (Å²) in [5.41, 5.74) is 2.23. The summed E-state index contributed by atoms with van der Waals surface area (Å²) in [6, 6.07) is 0. The Morgan fingerprint density at radius 2 is 2.33 bits per heavy atom. The molecule has 0 saturated heterocycles. The van der Waals surface area contributed by atoms with E-state index in [2.05, 4.69) is 10.1 Å². The Hall–Kier alpha value is -1.73. The van der Waals surface area contributed by atoms with Crippen LogP contribution in [-0.2, 0) is 26.4 Å². The minimum absolute atomic E-state index is 0.0250. The molecule has 0 amide bonds. The molecule has 0 atom stereocenters. The number of hydrogen-bond donors (Lipinski definition) is 1. The quantitative estimate of drug-likeness (QED) is 0.738. The molecule has 0 spiro atoms. The first-order chi connectivity index (χ1) is 10.1. The maximum atomic E-state index is 12.8. The minimum Gasteiger partial charge on any atom is -0.323 e. The number of fused-ring (bicyclic) bond motifs is 3. The third-order valence-electron chi connectivity index (χ3n) is 3.94. The lowest BCUT2D eigenvalue weighted by Crippen LogP contribution is -2.22. The van der Waals surface area contributed by atoms with Crippen molar-refractivity contribution in [3.63, 3.8) is 0 Å². The van der Waals surface area contributed by atoms with Gasteiger partial charge in [0.1, 0.15) is 4.83 Å². The van der Waals surface area contributed by atoms with Crippen molar-refractivity contribution in [1.82, 2.24) is 19.3 Å². The number of nitrogens with one attached hydrogen (secondary N) is 1. The summed E-state index contributed by atoms with van der Waals surface area (Å²) in [5, 5.41) is 4.98. The Morgan fingerprint density at radius 3 is 3.10 bits per heavy atom. The number of nitrogens with zero attached hydrogens (tertiary/aromatic N) is 3. The molecule has 1 N–H and O–H groups in total. The molecule has 21 heavy (non-hydrogen) atoms. The van der Waals surface area contributed by atoms with Crippen LogP contribution in [0.15, 0.2) is 17.2 Å². The molecule has 1 aliphatic rings. The third kappa shape index (κ3) is 1.99. The van der Waals surface area contributed by atoms with Crippen molar-refractivity contribution in [2.45, 2.75) is 25.8 Å². The first-order valence-corrected chi connectivity index (χ1v) is 8.11. The Bertz CT molecular complexity index is 960. The molecule has 0 radical (unpaired) electrons. The van der Waals surface area contributed by atoms with Gasteiger partial charge in [0.25, 0.3) is 5.56 Å². The minimum atomic E-state index is 0.0250. The van der Waals surface area contributed by atoms with Crippen LogP contribution in [0.25, 0.3) is 10.2 Å². The fourth-order valence-electron chi connectivity index (χ4n) is 2.99. The Balaban J connectivity index is 1.93. The molecule has 5 nitrogen and oxygen atoms in total. The Kier molecular flexibility index (Phi) is 2.87. The lowest BCUT2D eigenvalue weighted by Gasteiger charge is -2.05. The van der Waals surface area contributed by atoms with Gasteiger partial charge < -0.3 is 4.98 Å². The van der Waals surface area contributed by atoms with Gasteiger partial charge in [-0.05, 0) is 37.0 Å². The average Bonchev–Trinajstić information content (AvgIpc) is 3.10. The number of aromatic amines is 1. The molecule has 7 heteroatoms. The number of hydrogen-bond acceptors (Lipinski definition) is 4. The van der Waals surface area contributed by atoms with Crippen molar-refractivity contribution in [1.29, 1.82) is 0 Å². The molecule has 0 fully saturated rings. The van der Waals surface area contributed by atoms with Gasteiger partial charge >= 0.3 is 0 Å². The fourth-order valence-corrected chi connectivity index (χ4v) is 4.58. The number of rotatable bonds is 2. The maximum Gasteiger partial charge on any atom is 0.263 e. The molecule has 0 aliphatic heterocycles. The van der Waals surface area contributed by atoms with Crippen molar-refractivity contribution < 1.29 is 0 Å². The van der Waals surface area contributed by atoms with Crippen LogP contribution >= 0.6 is 23.6 Å². The largest absolute Gasteiger partial charge is 0.323 e. The van der Waals surface area contributed by atoms with Crippen LogP contribution in [0.4, 0.5) is 0 Å². The van der Waals surface area contributed by atoms with E-state index in [9.17, 15) is 4.79 Å². The molecule has 108 valence electrons. The fraction of sp³-hybridized carbons (Fsp3) is 0.357. The highest BCUT2D eigenvalue weighted by Gasteiger charge is 2.21. The second-order valence-electron chi connectivity index (χ2n) is 5.41. The number of aromatic nitrogens is 4. The molecule has 0 unspecified atom stereocenters. The van der Waals surface area contributed by atoms with Gasteiger partial charge in [0.05, 0.1) is 18.1 Å². The van der Waals surface area contributed by atoms with E-state index in [4.69, 9.17) is 12.2 Å². The van der Waals surface area contributed by atoms with E-state index in [1.807, 2.05) is 13.2 Å².